The molecule has 1 fully saturated rings. The van der Waals surface area contributed by atoms with Crippen LogP contribution in [-0.2, 0) is 10.0 Å². The van der Waals surface area contributed by atoms with E-state index >= 15 is 0 Å². The summed E-state index contributed by atoms with van der Waals surface area (Å²) in [7, 11) is -3.86. The zero-order valence-corrected chi connectivity index (χ0v) is 18.1. The molecule has 4 aromatic rings. The summed E-state index contributed by atoms with van der Waals surface area (Å²) in [5.74, 6) is -0.0316. The van der Waals surface area contributed by atoms with Crippen LogP contribution < -0.4 is 0 Å². The molecular formula is C25H22N2O4S. The maximum absolute atomic E-state index is 13.5. The molecule has 0 saturated carbocycles. The first-order chi connectivity index (χ1) is 15.5. The minimum absolute atomic E-state index is 0.0662. The van der Waals surface area contributed by atoms with Gasteiger partial charge in [0.05, 0.1) is 10.4 Å². The molecule has 162 valence electrons. The van der Waals surface area contributed by atoms with Crippen molar-refractivity contribution in [1.29, 1.82) is 0 Å². The third-order valence-electron chi connectivity index (χ3n) is 5.92. The zero-order valence-electron chi connectivity index (χ0n) is 17.3. The van der Waals surface area contributed by atoms with E-state index in [0.717, 1.165) is 16.5 Å². The Kier molecular flexibility index (Phi) is 5.07. The molecule has 1 amide bonds. The molecule has 6 nitrogen and oxygen atoms in total. The molecule has 7 heteroatoms. The highest BCUT2D eigenvalue weighted by Gasteiger charge is 2.30. The van der Waals surface area contributed by atoms with E-state index in [0.29, 0.717) is 24.2 Å². The van der Waals surface area contributed by atoms with Crippen molar-refractivity contribution in [3.05, 3.63) is 90.6 Å². The van der Waals surface area contributed by atoms with Crippen LogP contribution in [-0.4, -0.2) is 48.0 Å². The van der Waals surface area contributed by atoms with Crippen LogP contribution in [0.25, 0.3) is 22.0 Å². The molecule has 1 N–H and O–H groups in total. The van der Waals surface area contributed by atoms with Gasteiger partial charge in [-0.1, -0.05) is 48.5 Å². The van der Waals surface area contributed by atoms with Crippen molar-refractivity contribution in [2.24, 2.45) is 5.92 Å². The molecule has 3 aromatic carbocycles. The standard InChI is InChI=1S/C25H22N2O4S/c28-17-18-14-26(15-18)25(29)20-10-12-21(13-11-20)32(30,31)27-16-23(19-6-2-1-3-7-19)22-8-4-5-9-24(22)27/h1-13,16,18,28H,14-15,17H2. The van der Waals surface area contributed by atoms with Gasteiger partial charge in [-0.25, -0.2) is 12.4 Å². The smallest absolute Gasteiger partial charge is 0.268 e. The lowest BCUT2D eigenvalue weighted by Gasteiger charge is -2.38. The number of carbonyl (C=O) groups is 1. The monoisotopic (exact) mass is 446 g/mol. The summed E-state index contributed by atoms with van der Waals surface area (Å²) in [4.78, 5) is 14.3. The van der Waals surface area contributed by atoms with Crippen LogP contribution >= 0.6 is 0 Å². The number of fused-ring (bicyclic) bond motifs is 1. The number of rotatable bonds is 5. The molecule has 0 unspecified atom stereocenters. The number of hydrogen-bond acceptors (Lipinski definition) is 4. The molecule has 32 heavy (non-hydrogen) atoms. The number of aromatic nitrogens is 1. The third kappa shape index (κ3) is 3.39. The van der Waals surface area contributed by atoms with Crippen LogP contribution in [0, 0.1) is 5.92 Å². The van der Waals surface area contributed by atoms with E-state index in [1.165, 1.54) is 16.1 Å². The van der Waals surface area contributed by atoms with Crippen molar-refractivity contribution in [3.63, 3.8) is 0 Å². The summed E-state index contributed by atoms with van der Waals surface area (Å²) in [5, 5.41) is 9.99. The second kappa shape index (κ2) is 7.93. The Hall–Kier alpha value is -3.42. The summed E-state index contributed by atoms with van der Waals surface area (Å²) in [6.45, 7) is 1.11. The number of likely N-dealkylation sites (tertiary alicyclic amines) is 1. The van der Waals surface area contributed by atoms with Gasteiger partial charge in [0.25, 0.3) is 15.9 Å². The van der Waals surface area contributed by atoms with Crippen molar-refractivity contribution >= 4 is 26.8 Å². The number of para-hydroxylation sites is 1. The quantitative estimate of drug-likeness (QED) is 0.508. The van der Waals surface area contributed by atoms with Crippen LogP contribution in [0.4, 0.5) is 0 Å². The summed E-state index contributed by atoms with van der Waals surface area (Å²) in [6.07, 6.45) is 1.66. The van der Waals surface area contributed by atoms with Gasteiger partial charge in [-0.2, -0.15) is 0 Å². The Labute approximate surface area is 186 Å². The predicted molar refractivity (Wildman–Crippen MR) is 123 cm³/mol. The molecule has 2 heterocycles. The lowest BCUT2D eigenvalue weighted by molar-refractivity contribution is 0.0362. The van der Waals surface area contributed by atoms with Gasteiger partial charge < -0.3 is 10.0 Å². The molecule has 1 saturated heterocycles. The van der Waals surface area contributed by atoms with E-state index in [9.17, 15) is 13.2 Å². The van der Waals surface area contributed by atoms with Gasteiger partial charge in [0.2, 0.25) is 0 Å². The van der Waals surface area contributed by atoms with Gasteiger partial charge in [0.1, 0.15) is 0 Å². The maximum Gasteiger partial charge on any atom is 0.268 e. The zero-order chi connectivity index (χ0) is 22.3. The minimum atomic E-state index is -3.86. The molecule has 0 bridgehead atoms. The number of nitrogens with zero attached hydrogens (tertiary/aromatic N) is 2. The number of aliphatic hydroxyl groups excluding tert-OH is 1. The number of hydrogen-bond donors (Lipinski definition) is 1. The second-order valence-corrected chi connectivity index (χ2v) is 9.82. The fourth-order valence-corrected chi connectivity index (χ4v) is 5.48. The van der Waals surface area contributed by atoms with Crippen molar-refractivity contribution in [3.8, 4) is 11.1 Å². The Morgan fingerprint density at radius 3 is 2.25 bits per heavy atom. The minimum Gasteiger partial charge on any atom is -0.396 e. The second-order valence-electron chi connectivity index (χ2n) is 8.01. The molecular weight excluding hydrogens is 424 g/mol. The number of carbonyl (C=O) groups excluding carboxylic acids is 1. The van der Waals surface area contributed by atoms with Gasteiger partial charge >= 0.3 is 0 Å². The first-order valence-corrected chi connectivity index (χ1v) is 11.8. The normalized spacial score (nSPS) is 14.5. The topological polar surface area (TPSA) is 79.6 Å². The highest BCUT2D eigenvalue weighted by molar-refractivity contribution is 7.90. The van der Waals surface area contributed by atoms with E-state index in [1.54, 1.807) is 29.3 Å². The van der Waals surface area contributed by atoms with Crippen molar-refractivity contribution < 1.29 is 18.3 Å². The van der Waals surface area contributed by atoms with Gasteiger partial charge in [-0.3, -0.25) is 4.79 Å². The lowest BCUT2D eigenvalue weighted by Crippen LogP contribution is -2.51. The summed E-state index contributed by atoms with van der Waals surface area (Å²) in [5.41, 5.74) is 2.81. The average molecular weight is 447 g/mol. The van der Waals surface area contributed by atoms with Crippen LogP contribution in [0.15, 0.2) is 90.0 Å². The third-order valence-corrected chi connectivity index (χ3v) is 7.61. The van der Waals surface area contributed by atoms with E-state index < -0.39 is 10.0 Å². The van der Waals surface area contributed by atoms with E-state index in [1.807, 2.05) is 48.5 Å². The van der Waals surface area contributed by atoms with Crippen LogP contribution in [0.1, 0.15) is 10.4 Å². The summed E-state index contributed by atoms with van der Waals surface area (Å²) >= 11 is 0. The molecule has 0 aliphatic carbocycles. The molecule has 5 rings (SSSR count). The first-order valence-electron chi connectivity index (χ1n) is 10.4. The molecule has 0 radical (unpaired) electrons. The number of amides is 1. The number of aliphatic hydroxyl groups is 1. The highest BCUT2D eigenvalue weighted by Crippen LogP contribution is 2.33. The first kappa shape index (κ1) is 20.5. The fraction of sp³-hybridized carbons (Fsp3) is 0.160. The molecule has 0 atom stereocenters. The van der Waals surface area contributed by atoms with Crippen molar-refractivity contribution in [2.45, 2.75) is 4.90 Å². The number of benzene rings is 3. The highest BCUT2D eigenvalue weighted by atomic mass is 32.2. The van der Waals surface area contributed by atoms with Gasteiger partial charge in [0, 0.05) is 48.3 Å². The van der Waals surface area contributed by atoms with E-state index in [2.05, 4.69) is 0 Å². The van der Waals surface area contributed by atoms with Crippen LogP contribution in [0.5, 0.6) is 0 Å². The van der Waals surface area contributed by atoms with Crippen LogP contribution in [0.2, 0.25) is 0 Å². The largest absolute Gasteiger partial charge is 0.396 e. The molecule has 1 aliphatic rings. The SMILES string of the molecule is O=C(c1ccc(S(=O)(=O)n2cc(-c3ccccc3)c3ccccc32)cc1)N1CC(CO)C1. The molecule has 1 aliphatic heterocycles. The van der Waals surface area contributed by atoms with E-state index in [-0.39, 0.29) is 23.3 Å². The Morgan fingerprint density at radius 2 is 1.56 bits per heavy atom. The van der Waals surface area contributed by atoms with Gasteiger partial charge in [-0.05, 0) is 35.9 Å². The predicted octanol–water partition coefficient (Wildman–Crippen LogP) is 3.61. The Morgan fingerprint density at radius 1 is 0.906 bits per heavy atom. The lowest BCUT2D eigenvalue weighted by atomic mass is 10.00. The van der Waals surface area contributed by atoms with Crippen molar-refractivity contribution in [1.82, 2.24) is 8.87 Å². The molecule has 0 spiro atoms. The van der Waals surface area contributed by atoms with E-state index in [4.69, 9.17) is 5.11 Å². The summed E-state index contributed by atoms with van der Waals surface area (Å²) < 4.78 is 28.3. The Balaban J connectivity index is 1.51. The summed E-state index contributed by atoms with van der Waals surface area (Å²) in [6, 6.07) is 23.1. The molecule has 1 aromatic heterocycles. The van der Waals surface area contributed by atoms with Crippen LogP contribution in [0.3, 0.4) is 0 Å². The van der Waals surface area contributed by atoms with Gasteiger partial charge in [0.15, 0.2) is 0 Å². The van der Waals surface area contributed by atoms with Gasteiger partial charge in [-0.15, -0.1) is 0 Å². The fourth-order valence-electron chi connectivity index (χ4n) is 4.11. The maximum atomic E-state index is 13.5. The average Bonchev–Trinajstić information content (AvgIpc) is 3.20. The van der Waals surface area contributed by atoms with Crippen molar-refractivity contribution in [2.75, 3.05) is 19.7 Å². The Bertz CT molecular complexity index is 1390.